The van der Waals surface area contributed by atoms with E-state index in [1.54, 1.807) is 11.3 Å². The molecule has 4 nitrogen and oxygen atoms in total. The number of hydrogen-bond donors (Lipinski definition) is 2. The van der Waals surface area contributed by atoms with Gasteiger partial charge in [0.1, 0.15) is 0 Å². The highest BCUT2D eigenvalue weighted by Gasteiger charge is 2.12. The van der Waals surface area contributed by atoms with Crippen LogP contribution in [0.3, 0.4) is 0 Å². The second-order valence-electron chi connectivity index (χ2n) is 4.71. The van der Waals surface area contributed by atoms with Crippen molar-refractivity contribution in [2.45, 2.75) is 38.8 Å². The number of nitrogens with one attached hydrogen (secondary N) is 2. The fourth-order valence-corrected chi connectivity index (χ4v) is 2.85. The highest BCUT2D eigenvalue weighted by molar-refractivity contribution is 7.09. The SMILES string of the molecule is Cc1ncsc1CNCCCOC1CCNCC1. The van der Waals surface area contributed by atoms with Crippen molar-refractivity contribution in [1.29, 1.82) is 0 Å². The highest BCUT2D eigenvalue weighted by Crippen LogP contribution is 2.11. The molecule has 0 bridgehead atoms. The molecule has 1 aromatic heterocycles. The predicted molar refractivity (Wildman–Crippen MR) is 75.0 cm³/mol. The first kappa shape index (κ1) is 13.9. The smallest absolute Gasteiger partial charge is 0.0798 e. The first-order valence-electron chi connectivity index (χ1n) is 6.78. The lowest BCUT2D eigenvalue weighted by molar-refractivity contribution is 0.0317. The van der Waals surface area contributed by atoms with Crippen LogP contribution in [-0.4, -0.2) is 37.3 Å². The Morgan fingerprint density at radius 3 is 3.06 bits per heavy atom. The van der Waals surface area contributed by atoms with Crippen LogP contribution >= 0.6 is 11.3 Å². The van der Waals surface area contributed by atoms with Gasteiger partial charge in [0.15, 0.2) is 0 Å². The summed E-state index contributed by atoms with van der Waals surface area (Å²) in [7, 11) is 0. The maximum atomic E-state index is 5.85. The lowest BCUT2D eigenvalue weighted by Gasteiger charge is -2.22. The summed E-state index contributed by atoms with van der Waals surface area (Å²) < 4.78 is 5.85. The molecule has 0 saturated carbocycles. The molecule has 1 saturated heterocycles. The Balaban J connectivity index is 1.47. The largest absolute Gasteiger partial charge is 0.378 e. The van der Waals surface area contributed by atoms with Crippen molar-refractivity contribution in [2.75, 3.05) is 26.2 Å². The molecule has 18 heavy (non-hydrogen) atoms. The first-order valence-corrected chi connectivity index (χ1v) is 7.66. The Kier molecular flexibility index (Phi) is 6.07. The molecule has 102 valence electrons. The van der Waals surface area contributed by atoms with Crippen LogP contribution in [0.4, 0.5) is 0 Å². The molecule has 0 amide bonds. The Labute approximate surface area is 113 Å². The average molecular weight is 269 g/mol. The van der Waals surface area contributed by atoms with E-state index >= 15 is 0 Å². The van der Waals surface area contributed by atoms with Crippen LogP contribution in [0, 0.1) is 6.92 Å². The van der Waals surface area contributed by atoms with E-state index in [0.29, 0.717) is 6.10 Å². The zero-order valence-corrected chi connectivity index (χ0v) is 11.9. The Hall–Kier alpha value is -0.490. The number of ether oxygens (including phenoxy) is 1. The Bertz CT molecular complexity index is 337. The van der Waals surface area contributed by atoms with Crippen molar-refractivity contribution < 1.29 is 4.74 Å². The third-order valence-electron chi connectivity index (χ3n) is 3.27. The summed E-state index contributed by atoms with van der Waals surface area (Å²) in [6.45, 7) is 7.10. The third-order valence-corrected chi connectivity index (χ3v) is 4.20. The van der Waals surface area contributed by atoms with Crippen molar-refractivity contribution in [3.63, 3.8) is 0 Å². The molecule has 0 unspecified atom stereocenters. The summed E-state index contributed by atoms with van der Waals surface area (Å²) in [6.07, 6.45) is 3.89. The number of thiazole rings is 1. The molecule has 1 aromatic rings. The molecule has 2 N–H and O–H groups in total. The minimum absolute atomic E-state index is 0.481. The normalized spacial score (nSPS) is 17.2. The molecule has 0 aliphatic carbocycles. The highest BCUT2D eigenvalue weighted by atomic mass is 32.1. The summed E-state index contributed by atoms with van der Waals surface area (Å²) >= 11 is 1.72. The van der Waals surface area contributed by atoms with Crippen molar-refractivity contribution in [3.8, 4) is 0 Å². The zero-order valence-electron chi connectivity index (χ0n) is 11.1. The van der Waals surface area contributed by atoms with E-state index < -0.39 is 0 Å². The third kappa shape index (κ3) is 4.65. The zero-order chi connectivity index (χ0) is 12.6. The minimum atomic E-state index is 0.481. The topological polar surface area (TPSA) is 46.2 Å². The quantitative estimate of drug-likeness (QED) is 0.740. The lowest BCUT2D eigenvalue weighted by Crippen LogP contribution is -2.32. The second-order valence-corrected chi connectivity index (χ2v) is 5.65. The van der Waals surface area contributed by atoms with Gasteiger partial charge < -0.3 is 15.4 Å². The summed E-state index contributed by atoms with van der Waals surface area (Å²) in [6, 6.07) is 0. The van der Waals surface area contributed by atoms with Gasteiger partial charge in [0, 0.05) is 18.0 Å². The number of hydrogen-bond acceptors (Lipinski definition) is 5. The molecule has 2 heterocycles. The summed E-state index contributed by atoms with van der Waals surface area (Å²) in [4.78, 5) is 5.58. The fraction of sp³-hybridized carbons (Fsp3) is 0.769. The second kappa shape index (κ2) is 7.84. The van der Waals surface area contributed by atoms with Gasteiger partial charge in [0.2, 0.25) is 0 Å². The van der Waals surface area contributed by atoms with Gasteiger partial charge in [0.25, 0.3) is 0 Å². The minimum Gasteiger partial charge on any atom is -0.378 e. The van der Waals surface area contributed by atoms with E-state index in [1.807, 2.05) is 5.51 Å². The van der Waals surface area contributed by atoms with Crippen LogP contribution in [0.2, 0.25) is 0 Å². The first-order chi connectivity index (χ1) is 8.86. The number of aromatic nitrogens is 1. The molecule has 2 rings (SSSR count). The monoisotopic (exact) mass is 269 g/mol. The number of aryl methyl sites for hydroxylation is 1. The van der Waals surface area contributed by atoms with Gasteiger partial charge in [-0.1, -0.05) is 0 Å². The molecule has 0 aromatic carbocycles. The van der Waals surface area contributed by atoms with E-state index in [0.717, 1.165) is 57.7 Å². The van der Waals surface area contributed by atoms with Crippen LogP contribution in [-0.2, 0) is 11.3 Å². The number of rotatable bonds is 7. The Morgan fingerprint density at radius 1 is 1.50 bits per heavy atom. The van der Waals surface area contributed by atoms with Gasteiger partial charge in [0.05, 0.1) is 17.3 Å². The van der Waals surface area contributed by atoms with E-state index in [-0.39, 0.29) is 0 Å². The molecular weight excluding hydrogens is 246 g/mol. The van der Waals surface area contributed by atoms with Crippen LogP contribution in [0.1, 0.15) is 29.8 Å². The molecule has 5 heteroatoms. The van der Waals surface area contributed by atoms with Gasteiger partial charge in [-0.3, -0.25) is 0 Å². The number of nitrogens with zero attached hydrogens (tertiary/aromatic N) is 1. The molecular formula is C13H23N3OS. The average Bonchev–Trinajstić information content (AvgIpc) is 2.81. The van der Waals surface area contributed by atoms with Crippen molar-refractivity contribution in [2.24, 2.45) is 0 Å². The van der Waals surface area contributed by atoms with E-state index in [4.69, 9.17) is 4.74 Å². The lowest BCUT2D eigenvalue weighted by atomic mass is 10.1. The predicted octanol–water partition coefficient (Wildman–Crippen LogP) is 1.70. The summed E-state index contributed by atoms with van der Waals surface area (Å²) in [5.41, 5.74) is 3.06. The van der Waals surface area contributed by atoms with E-state index in [1.165, 1.54) is 4.88 Å². The number of piperidine rings is 1. The van der Waals surface area contributed by atoms with Crippen LogP contribution in [0.15, 0.2) is 5.51 Å². The summed E-state index contributed by atoms with van der Waals surface area (Å²) in [5.74, 6) is 0. The van der Waals surface area contributed by atoms with Crippen LogP contribution in [0.5, 0.6) is 0 Å². The van der Waals surface area contributed by atoms with Gasteiger partial charge in [-0.25, -0.2) is 4.98 Å². The van der Waals surface area contributed by atoms with E-state index in [9.17, 15) is 0 Å². The van der Waals surface area contributed by atoms with Gasteiger partial charge in [-0.15, -0.1) is 11.3 Å². The molecule has 1 aliphatic rings. The van der Waals surface area contributed by atoms with Crippen molar-refractivity contribution in [3.05, 3.63) is 16.1 Å². The molecule has 1 aliphatic heterocycles. The standard InChI is InChI=1S/C13H23N3OS/c1-11-13(18-10-16-11)9-15-5-2-8-17-12-3-6-14-7-4-12/h10,12,14-15H,2-9H2,1H3. The maximum Gasteiger partial charge on any atom is 0.0798 e. The van der Waals surface area contributed by atoms with E-state index in [2.05, 4.69) is 22.5 Å². The molecule has 0 radical (unpaired) electrons. The molecule has 0 spiro atoms. The van der Waals surface area contributed by atoms with Crippen molar-refractivity contribution in [1.82, 2.24) is 15.6 Å². The fourth-order valence-electron chi connectivity index (χ4n) is 2.11. The maximum absolute atomic E-state index is 5.85. The molecule has 1 fully saturated rings. The Morgan fingerprint density at radius 2 is 2.33 bits per heavy atom. The van der Waals surface area contributed by atoms with Gasteiger partial charge in [-0.05, 0) is 45.8 Å². The molecule has 0 atom stereocenters. The van der Waals surface area contributed by atoms with Gasteiger partial charge >= 0.3 is 0 Å². The van der Waals surface area contributed by atoms with Crippen LogP contribution in [0.25, 0.3) is 0 Å². The van der Waals surface area contributed by atoms with Gasteiger partial charge in [-0.2, -0.15) is 0 Å². The van der Waals surface area contributed by atoms with Crippen molar-refractivity contribution >= 4 is 11.3 Å². The van der Waals surface area contributed by atoms with Crippen LogP contribution < -0.4 is 10.6 Å². The summed E-state index contributed by atoms with van der Waals surface area (Å²) in [5, 5.41) is 6.79.